The van der Waals surface area contributed by atoms with E-state index in [0.717, 1.165) is 0 Å². The van der Waals surface area contributed by atoms with Gasteiger partial charge in [0.1, 0.15) is 6.67 Å². The molecular formula is C9H10ClF7O. The van der Waals surface area contributed by atoms with Gasteiger partial charge >= 0.3 is 6.18 Å². The summed E-state index contributed by atoms with van der Waals surface area (Å²) in [5, 5.41) is -1.59. The summed E-state index contributed by atoms with van der Waals surface area (Å²) in [7, 11) is 0. The highest BCUT2D eigenvalue weighted by Gasteiger charge is 2.74. The number of rotatable bonds is 3. The van der Waals surface area contributed by atoms with Crippen LogP contribution in [0.2, 0.25) is 0 Å². The van der Waals surface area contributed by atoms with Gasteiger partial charge in [-0.2, -0.15) is 13.2 Å². The molecule has 1 rings (SSSR count). The Hall–Kier alpha value is -0.240. The van der Waals surface area contributed by atoms with Gasteiger partial charge in [-0.05, 0) is 0 Å². The van der Waals surface area contributed by atoms with Crippen molar-refractivity contribution in [3.8, 4) is 0 Å². The van der Waals surface area contributed by atoms with Crippen LogP contribution in [0, 0.1) is 0 Å². The molecule has 9 heteroatoms. The molecule has 0 spiro atoms. The molecule has 1 saturated carbocycles. The Morgan fingerprint density at radius 2 is 1.72 bits per heavy atom. The summed E-state index contributed by atoms with van der Waals surface area (Å²) in [4.78, 5) is 0. The lowest BCUT2D eigenvalue weighted by molar-refractivity contribution is -0.321. The highest BCUT2D eigenvalue weighted by atomic mass is 35.5. The van der Waals surface area contributed by atoms with Crippen molar-refractivity contribution >= 4 is 11.6 Å². The van der Waals surface area contributed by atoms with Crippen molar-refractivity contribution in [3.05, 3.63) is 0 Å². The van der Waals surface area contributed by atoms with Crippen LogP contribution in [0.4, 0.5) is 30.7 Å². The molecule has 0 saturated heterocycles. The second-order valence-electron chi connectivity index (χ2n) is 4.03. The maximum Gasteiger partial charge on any atom is 0.428 e. The highest BCUT2D eigenvalue weighted by molar-refractivity contribution is 6.21. The monoisotopic (exact) mass is 302 g/mol. The third kappa shape index (κ3) is 2.68. The minimum Gasteiger partial charge on any atom is -0.374 e. The van der Waals surface area contributed by atoms with Crippen LogP contribution in [-0.4, -0.2) is 42.5 Å². The Labute approximate surface area is 103 Å². The lowest BCUT2D eigenvalue weighted by Gasteiger charge is -2.43. The van der Waals surface area contributed by atoms with Crippen molar-refractivity contribution in [1.29, 1.82) is 0 Å². The van der Waals surface area contributed by atoms with Gasteiger partial charge in [-0.3, -0.25) is 0 Å². The first-order valence-electron chi connectivity index (χ1n) is 5.00. The largest absolute Gasteiger partial charge is 0.428 e. The van der Waals surface area contributed by atoms with Crippen LogP contribution in [0.3, 0.4) is 0 Å². The van der Waals surface area contributed by atoms with Gasteiger partial charge in [0.25, 0.3) is 11.6 Å². The fourth-order valence-corrected chi connectivity index (χ4v) is 2.15. The molecule has 0 aliphatic heterocycles. The fraction of sp³-hybridized carbons (Fsp3) is 1.00. The maximum atomic E-state index is 13.5. The Morgan fingerprint density at radius 3 is 2.17 bits per heavy atom. The van der Waals surface area contributed by atoms with Gasteiger partial charge in [0.15, 0.2) is 0 Å². The molecule has 1 fully saturated rings. The quantitative estimate of drug-likeness (QED) is 0.571. The van der Waals surface area contributed by atoms with Crippen LogP contribution in [0.5, 0.6) is 0 Å². The molecule has 1 nitrogen and oxygen atoms in total. The molecule has 0 radical (unpaired) electrons. The van der Waals surface area contributed by atoms with Crippen molar-refractivity contribution in [2.45, 2.75) is 42.1 Å². The third-order valence-corrected chi connectivity index (χ3v) is 3.21. The smallest absolute Gasteiger partial charge is 0.374 e. The van der Waals surface area contributed by atoms with Crippen molar-refractivity contribution < 1.29 is 35.5 Å². The molecule has 0 N–H and O–H groups in total. The zero-order valence-corrected chi connectivity index (χ0v) is 9.67. The van der Waals surface area contributed by atoms with Crippen molar-refractivity contribution in [2.24, 2.45) is 0 Å². The van der Waals surface area contributed by atoms with Crippen LogP contribution in [0.15, 0.2) is 0 Å². The van der Waals surface area contributed by atoms with E-state index in [0.29, 0.717) is 0 Å². The molecule has 0 unspecified atom stereocenters. The average molecular weight is 303 g/mol. The molecule has 0 aromatic carbocycles. The van der Waals surface area contributed by atoms with Crippen molar-refractivity contribution in [1.82, 2.24) is 0 Å². The SMILES string of the molecule is FCCO[C@@H]1CC(F)(F)[C@](F)(C(F)(F)F)C[C@@H]1Cl. The predicted octanol–water partition coefficient (Wildman–Crippen LogP) is 3.65. The van der Waals surface area contributed by atoms with E-state index >= 15 is 0 Å². The number of alkyl halides is 8. The van der Waals surface area contributed by atoms with Gasteiger partial charge < -0.3 is 4.74 Å². The lowest BCUT2D eigenvalue weighted by Crippen LogP contribution is -2.62. The van der Waals surface area contributed by atoms with Gasteiger partial charge in [-0.15, -0.1) is 11.6 Å². The van der Waals surface area contributed by atoms with Crippen LogP contribution in [-0.2, 0) is 4.74 Å². The number of hydrogen-bond acceptors (Lipinski definition) is 1. The van der Waals surface area contributed by atoms with E-state index in [1.165, 1.54) is 0 Å². The summed E-state index contributed by atoms with van der Waals surface area (Å²) in [6.07, 6.45) is -10.4. The van der Waals surface area contributed by atoms with Crippen LogP contribution >= 0.6 is 11.6 Å². The molecule has 0 aromatic rings. The molecule has 0 heterocycles. The van der Waals surface area contributed by atoms with E-state index in [2.05, 4.69) is 4.74 Å². The predicted molar refractivity (Wildman–Crippen MR) is 49.4 cm³/mol. The van der Waals surface area contributed by atoms with E-state index in [-0.39, 0.29) is 0 Å². The Bertz CT molecular complexity index is 295. The average Bonchev–Trinajstić information content (AvgIpc) is 2.20. The van der Waals surface area contributed by atoms with Crippen LogP contribution < -0.4 is 0 Å². The van der Waals surface area contributed by atoms with Gasteiger partial charge in [-0.1, -0.05) is 0 Å². The summed E-state index contributed by atoms with van der Waals surface area (Å²) >= 11 is 5.42. The first-order valence-corrected chi connectivity index (χ1v) is 5.44. The molecule has 3 atom stereocenters. The summed E-state index contributed by atoms with van der Waals surface area (Å²) < 4.78 is 93.5. The van der Waals surface area contributed by atoms with Gasteiger partial charge in [0.05, 0.1) is 18.1 Å². The second kappa shape index (κ2) is 5.03. The molecule has 0 amide bonds. The van der Waals surface area contributed by atoms with E-state index in [9.17, 15) is 30.7 Å². The van der Waals surface area contributed by atoms with E-state index in [1.807, 2.05) is 0 Å². The normalized spacial score (nSPS) is 36.7. The fourth-order valence-electron chi connectivity index (χ4n) is 1.77. The second-order valence-corrected chi connectivity index (χ2v) is 4.59. The first-order chi connectivity index (χ1) is 8.05. The number of halogens is 8. The number of hydrogen-bond donors (Lipinski definition) is 0. The Balaban J connectivity index is 2.90. The topological polar surface area (TPSA) is 9.23 Å². The van der Waals surface area contributed by atoms with E-state index < -0.39 is 55.4 Å². The van der Waals surface area contributed by atoms with E-state index in [4.69, 9.17) is 11.6 Å². The zero-order chi connectivity index (χ0) is 14.2. The summed E-state index contributed by atoms with van der Waals surface area (Å²) in [5.41, 5.74) is -4.68. The Kier molecular flexibility index (Phi) is 4.42. The molecular weight excluding hydrogens is 293 g/mol. The minimum atomic E-state index is -5.73. The zero-order valence-electron chi connectivity index (χ0n) is 8.92. The lowest BCUT2D eigenvalue weighted by atomic mass is 9.80. The van der Waals surface area contributed by atoms with E-state index in [1.54, 1.807) is 0 Å². The standard InChI is InChI=1S/C9H10ClF7O/c10-5-3-7(12,9(15,16)17)8(13,14)4-6(5)18-2-1-11/h5-6H,1-4H2/t5-,6+,7-/m0/s1. The molecule has 1 aliphatic rings. The Morgan fingerprint density at radius 1 is 1.17 bits per heavy atom. The highest BCUT2D eigenvalue weighted by Crippen LogP contribution is 2.54. The van der Waals surface area contributed by atoms with Gasteiger partial charge in [-0.25, -0.2) is 17.6 Å². The molecule has 0 aromatic heterocycles. The molecule has 108 valence electrons. The summed E-state index contributed by atoms with van der Waals surface area (Å²) in [6, 6.07) is 0. The molecule has 1 aliphatic carbocycles. The molecule has 18 heavy (non-hydrogen) atoms. The van der Waals surface area contributed by atoms with Crippen molar-refractivity contribution in [3.63, 3.8) is 0 Å². The van der Waals surface area contributed by atoms with Crippen LogP contribution in [0.25, 0.3) is 0 Å². The number of ether oxygens (including phenoxy) is 1. The van der Waals surface area contributed by atoms with Gasteiger partial charge in [0, 0.05) is 12.8 Å². The van der Waals surface area contributed by atoms with Gasteiger partial charge in [0.2, 0.25) is 0 Å². The summed E-state index contributed by atoms with van der Waals surface area (Å²) in [6.45, 7) is -1.57. The minimum absolute atomic E-state index is 0.574. The molecule has 0 bridgehead atoms. The first kappa shape index (κ1) is 15.8. The van der Waals surface area contributed by atoms with Crippen molar-refractivity contribution in [2.75, 3.05) is 13.3 Å². The van der Waals surface area contributed by atoms with Crippen LogP contribution in [0.1, 0.15) is 12.8 Å². The third-order valence-electron chi connectivity index (χ3n) is 2.78. The maximum absolute atomic E-state index is 13.5. The summed E-state index contributed by atoms with van der Waals surface area (Å²) in [5.74, 6) is -4.66.